The Morgan fingerprint density at radius 1 is 1.14 bits per heavy atom. The molecule has 2 aromatic heterocycles. The van der Waals surface area contributed by atoms with Crippen molar-refractivity contribution in [1.29, 1.82) is 0 Å². The van der Waals surface area contributed by atoms with Crippen molar-refractivity contribution in [3.05, 3.63) is 34.4 Å². The van der Waals surface area contributed by atoms with Crippen molar-refractivity contribution in [2.24, 2.45) is 7.05 Å². The van der Waals surface area contributed by atoms with Crippen molar-refractivity contribution in [3.8, 4) is 0 Å². The van der Waals surface area contributed by atoms with Crippen molar-refractivity contribution < 1.29 is 0 Å². The molecule has 0 fully saturated rings. The van der Waals surface area contributed by atoms with Crippen molar-refractivity contribution in [3.63, 3.8) is 0 Å². The normalized spacial score (nSPS) is 11.3. The quantitative estimate of drug-likeness (QED) is 0.794. The van der Waals surface area contributed by atoms with Crippen LogP contribution in [-0.2, 0) is 20.0 Å². The molecule has 116 valence electrons. The van der Waals surface area contributed by atoms with E-state index in [2.05, 4.69) is 41.9 Å². The third-order valence-electron chi connectivity index (χ3n) is 3.92. The Morgan fingerprint density at radius 3 is 2.52 bits per heavy atom. The molecule has 0 amide bonds. The summed E-state index contributed by atoms with van der Waals surface area (Å²) >= 11 is 0. The SMILES string of the molecule is CCCNCCc1c(C)nn(Cc2cc(C)nn2C)c1C. The second-order valence-corrected chi connectivity index (χ2v) is 5.71. The molecule has 0 bridgehead atoms. The lowest BCUT2D eigenvalue weighted by molar-refractivity contribution is 0.602. The van der Waals surface area contributed by atoms with Gasteiger partial charge < -0.3 is 5.32 Å². The predicted octanol–water partition coefficient (Wildman–Crippen LogP) is 2.13. The number of aryl methyl sites for hydroxylation is 3. The first-order valence-electron chi connectivity index (χ1n) is 7.76. The molecule has 0 aliphatic carbocycles. The van der Waals surface area contributed by atoms with E-state index in [4.69, 9.17) is 5.10 Å². The molecule has 0 atom stereocenters. The monoisotopic (exact) mass is 289 g/mol. The smallest absolute Gasteiger partial charge is 0.0831 e. The first-order chi connectivity index (χ1) is 10.0. The van der Waals surface area contributed by atoms with Crippen molar-refractivity contribution in [2.75, 3.05) is 13.1 Å². The van der Waals surface area contributed by atoms with Crippen LogP contribution in [0.2, 0.25) is 0 Å². The Hall–Kier alpha value is -1.62. The van der Waals surface area contributed by atoms with Gasteiger partial charge in [0.25, 0.3) is 0 Å². The highest BCUT2D eigenvalue weighted by molar-refractivity contribution is 5.25. The van der Waals surface area contributed by atoms with Crippen LogP contribution in [-0.4, -0.2) is 32.7 Å². The average Bonchev–Trinajstić information content (AvgIpc) is 2.88. The molecule has 0 aromatic carbocycles. The van der Waals surface area contributed by atoms with Gasteiger partial charge in [0.2, 0.25) is 0 Å². The van der Waals surface area contributed by atoms with Crippen LogP contribution in [0.15, 0.2) is 6.07 Å². The van der Waals surface area contributed by atoms with Crippen LogP contribution in [0.1, 0.15) is 41.7 Å². The molecule has 0 saturated carbocycles. The summed E-state index contributed by atoms with van der Waals surface area (Å²) in [5, 5.41) is 12.6. The Bertz CT molecular complexity index is 594. The van der Waals surface area contributed by atoms with Crippen molar-refractivity contribution >= 4 is 0 Å². The van der Waals surface area contributed by atoms with Gasteiger partial charge in [-0.05, 0) is 58.3 Å². The third-order valence-corrected chi connectivity index (χ3v) is 3.92. The van der Waals surface area contributed by atoms with Crippen molar-refractivity contribution in [2.45, 2.75) is 47.1 Å². The van der Waals surface area contributed by atoms with Crippen LogP contribution >= 0.6 is 0 Å². The van der Waals surface area contributed by atoms with E-state index in [1.54, 1.807) is 0 Å². The molecule has 2 heterocycles. The number of rotatable bonds is 7. The van der Waals surface area contributed by atoms with Gasteiger partial charge in [0, 0.05) is 12.7 Å². The van der Waals surface area contributed by atoms with Crippen LogP contribution in [0.25, 0.3) is 0 Å². The highest BCUT2D eigenvalue weighted by Crippen LogP contribution is 2.15. The molecule has 21 heavy (non-hydrogen) atoms. The molecule has 0 aliphatic rings. The lowest BCUT2D eigenvalue weighted by Gasteiger charge is -2.06. The number of hydrogen-bond donors (Lipinski definition) is 1. The lowest BCUT2D eigenvalue weighted by Crippen LogP contribution is -2.18. The summed E-state index contributed by atoms with van der Waals surface area (Å²) in [5.74, 6) is 0. The highest BCUT2D eigenvalue weighted by Gasteiger charge is 2.12. The molecule has 0 saturated heterocycles. The summed E-state index contributed by atoms with van der Waals surface area (Å²) < 4.78 is 4.04. The Kier molecular flexibility index (Phi) is 5.17. The first-order valence-corrected chi connectivity index (χ1v) is 7.76. The zero-order chi connectivity index (χ0) is 15.4. The molecular weight excluding hydrogens is 262 g/mol. The summed E-state index contributed by atoms with van der Waals surface area (Å²) in [5.41, 5.74) is 6.03. The zero-order valence-electron chi connectivity index (χ0n) is 13.9. The maximum atomic E-state index is 4.70. The van der Waals surface area contributed by atoms with Gasteiger partial charge in [-0.25, -0.2) is 0 Å². The molecule has 0 radical (unpaired) electrons. The topological polar surface area (TPSA) is 47.7 Å². The fourth-order valence-corrected chi connectivity index (χ4v) is 2.73. The van der Waals surface area contributed by atoms with Gasteiger partial charge in [-0.15, -0.1) is 0 Å². The van der Waals surface area contributed by atoms with Gasteiger partial charge in [0.1, 0.15) is 0 Å². The van der Waals surface area contributed by atoms with Gasteiger partial charge >= 0.3 is 0 Å². The minimum atomic E-state index is 0.784. The van der Waals surface area contributed by atoms with Gasteiger partial charge in [0.15, 0.2) is 0 Å². The molecule has 5 nitrogen and oxygen atoms in total. The van der Waals surface area contributed by atoms with Gasteiger partial charge in [-0.1, -0.05) is 6.92 Å². The van der Waals surface area contributed by atoms with Crippen LogP contribution in [0.4, 0.5) is 0 Å². The fraction of sp³-hybridized carbons (Fsp3) is 0.625. The first kappa shape index (κ1) is 15.8. The standard InChI is InChI=1S/C16H27N5/c1-6-8-17-9-7-16-13(3)19-21(14(16)4)11-15-10-12(2)18-20(15)5/h10,17H,6-9,11H2,1-5H3. The van der Waals surface area contributed by atoms with Crippen LogP contribution < -0.4 is 5.32 Å². The second kappa shape index (κ2) is 6.89. The van der Waals surface area contributed by atoms with E-state index in [9.17, 15) is 0 Å². The van der Waals surface area contributed by atoms with E-state index in [1.807, 2.05) is 18.7 Å². The van der Waals surface area contributed by atoms with E-state index >= 15 is 0 Å². The summed E-state index contributed by atoms with van der Waals surface area (Å²) in [6, 6.07) is 2.12. The summed E-state index contributed by atoms with van der Waals surface area (Å²) in [6.07, 6.45) is 2.22. The Morgan fingerprint density at radius 2 is 1.90 bits per heavy atom. The predicted molar refractivity (Wildman–Crippen MR) is 85.6 cm³/mol. The van der Waals surface area contributed by atoms with Gasteiger partial charge in [0.05, 0.1) is 23.6 Å². The van der Waals surface area contributed by atoms with E-state index in [0.29, 0.717) is 0 Å². The summed E-state index contributed by atoms with van der Waals surface area (Å²) in [6.45, 7) is 11.4. The molecule has 2 aromatic rings. The Labute approximate surface area is 127 Å². The molecule has 0 spiro atoms. The summed E-state index contributed by atoms with van der Waals surface area (Å²) in [7, 11) is 1.99. The molecule has 0 aliphatic heterocycles. The van der Waals surface area contributed by atoms with E-state index in [-0.39, 0.29) is 0 Å². The molecule has 5 heteroatoms. The maximum Gasteiger partial charge on any atom is 0.0831 e. The van der Waals surface area contributed by atoms with E-state index in [0.717, 1.165) is 37.4 Å². The number of hydrogen-bond acceptors (Lipinski definition) is 3. The largest absolute Gasteiger partial charge is 0.316 e. The van der Waals surface area contributed by atoms with E-state index < -0.39 is 0 Å². The van der Waals surface area contributed by atoms with Crippen molar-refractivity contribution in [1.82, 2.24) is 24.9 Å². The maximum absolute atomic E-state index is 4.70. The van der Waals surface area contributed by atoms with Crippen LogP contribution in [0.3, 0.4) is 0 Å². The summed E-state index contributed by atoms with van der Waals surface area (Å²) in [4.78, 5) is 0. The second-order valence-electron chi connectivity index (χ2n) is 5.71. The molecular formula is C16H27N5. The number of aromatic nitrogens is 4. The van der Waals surface area contributed by atoms with E-state index in [1.165, 1.54) is 23.4 Å². The number of nitrogens with zero attached hydrogens (tertiary/aromatic N) is 4. The third kappa shape index (κ3) is 3.73. The lowest BCUT2D eigenvalue weighted by atomic mass is 10.1. The van der Waals surface area contributed by atoms with Crippen LogP contribution in [0, 0.1) is 20.8 Å². The minimum absolute atomic E-state index is 0.784. The average molecular weight is 289 g/mol. The highest BCUT2D eigenvalue weighted by atomic mass is 15.3. The van der Waals surface area contributed by atoms with Gasteiger partial charge in [-0.3, -0.25) is 9.36 Å². The molecule has 2 rings (SSSR count). The Balaban J connectivity index is 2.09. The number of nitrogens with one attached hydrogen (secondary N) is 1. The van der Waals surface area contributed by atoms with Gasteiger partial charge in [-0.2, -0.15) is 10.2 Å². The molecule has 0 unspecified atom stereocenters. The minimum Gasteiger partial charge on any atom is -0.316 e. The van der Waals surface area contributed by atoms with Crippen LogP contribution in [0.5, 0.6) is 0 Å². The molecule has 1 N–H and O–H groups in total. The fourth-order valence-electron chi connectivity index (χ4n) is 2.73. The zero-order valence-corrected chi connectivity index (χ0v) is 13.9.